The fourth-order valence-electron chi connectivity index (χ4n) is 1.23. The van der Waals surface area contributed by atoms with Crippen molar-refractivity contribution in [1.82, 2.24) is 4.81 Å². The molecule has 0 aromatic heterocycles. The lowest BCUT2D eigenvalue weighted by Crippen LogP contribution is -2.32. The van der Waals surface area contributed by atoms with Gasteiger partial charge in [0.1, 0.15) is 0 Å². The Balaban J connectivity index is 3.50. The molecular weight excluding hydrogens is 159 g/mol. The van der Waals surface area contributed by atoms with Gasteiger partial charge in [0.2, 0.25) is 0 Å². The zero-order valence-corrected chi connectivity index (χ0v) is 9.29. The van der Waals surface area contributed by atoms with Crippen molar-refractivity contribution < 1.29 is 0 Å². The van der Waals surface area contributed by atoms with Gasteiger partial charge < -0.3 is 10.5 Å². The van der Waals surface area contributed by atoms with Crippen LogP contribution in [-0.2, 0) is 0 Å². The molecule has 0 saturated heterocycles. The van der Waals surface area contributed by atoms with Gasteiger partial charge in [-0.1, -0.05) is 20.8 Å². The van der Waals surface area contributed by atoms with E-state index in [9.17, 15) is 0 Å². The molecule has 13 heavy (non-hydrogen) atoms. The summed E-state index contributed by atoms with van der Waals surface area (Å²) in [5.74, 6) is 0.769. The van der Waals surface area contributed by atoms with Crippen LogP contribution >= 0.6 is 0 Å². The highest BCUT2D eigenvalue weighted by Gasteiger charge is 2.08. The summed E-state index contributed by atoms with van der Waals surface area (Å²) in [5, 5.41) is 0. The molecular formula is C10H23BN2. The first-order valence-electron chi connectivity index (χ1n) is 5.29. The minimum atomic E-state index is 0.481. The van der Waals surface area contributed by atoms with Gasteiger partial charge in [0.15, 0.2) is 7.98 Å². The van der Waals surface area contributed by atoms with Gasteiger partial charge in [0.25, 0.3) is 0 Å². The summed E-state index contributed by atoms with van der Waals surface area (Å²) in [4.78, 5) is 1.91. The molecule has 1 atom stereocenters. The lowest BCUT2D eigenvalue weighted by atomic mass is 10.0. The minimum absolute atomic E-state index is 0.481. The fourth-order valence-corrected chi connectivity index (χ4v) is 1.23. The lowest BCUT2D eigenvalue weighted by Gasteiger charge is -2.25. The smallest absolute Gasteiger partial charge is 0.182 e. The van der Waals surface area contributed by atoms with E-state index < -0.39 is 0 Å². The second-order valence-corrected chi connectivity index (χ2v) is 4.20. The summed E-state index contributed by atoms with van der Waals surface area (Å²) in [7, 11) is 5.87. The molecule has 2 radical (unpaired) electrons. The molecule has 0 amide bonds. The predicted molar refractivity (Wildman–Crippen MR) is 59.7 cm³/mol. The Morgan fingerprint density at radius 1 is 1.23 bits per heavy atom. The van der Waals surface area contributed by atoms with Crippen LogP contribution in [0.4, 0.5) is 0 Å². The summed E-state index contributed by atoms with van der Waals surface area (Å²) in [6.07, 6.45) is 3.42. The summed E-state index contributed by atoms with van der Waals surface area (Å²) in [6.45, 7) is 8.31. The lowest BCUT2D eigenvalue weighted by molar-refractivity contribution is 0.319. The first-order valence-corrected chi connectivity index (χ1v) is 5.29. The molecule has 0 aliphatic heterocycles. The maximum absolute atomic E-state index is 5.87. The molecule has 0 aliphatic carbocycles. The fraction of sp³-hybridized carbons (Fsp3) is 1.00. The van der Waals surface area contributed by atoms with Crippen molar-refractivity contribution in [3.63, 3.8) is 0 Å². The van der Waals surface area contributed by atoms with Crippen LogP contribution in [0.2, 0.25) is 0 Å². The molecule has 0 heterocycles. The van der Waals surface area contributed by atoms with E-state index in [4.69, 9.17) is 13.7 Å². The van der Waals surface area contributed by atoms with Gasteiger partial charge in [-0.25, -0.2) is 0 Å². The van der Waals surface area contributed by atoms with Gasteiger partial charge in [-0.2, -0.15) is 0 Å². The van der Waals surface area contributed by atoms with E-state index in [0.29, 0.717) is 6.04 Å². The second-order valence-electron chi connectivity index (χ2n) is 4.20. The van der Waals surface area contributed by atoms with Crippen LogP contribution in [0.1, 0.15) is 40.0 Å². The Morgan fingerprint density at radius 3 is 2.31 bits per heavy atom. The van der Waals surface area contributed by atoms with Crippen molar-refractivity contribution in [1.29, 1.82) is 0 Å². The van der Waals surface area contributed by atoms with Crippen molar-refractivity contribution >= 4 is 7.98 Å². The molecule has 2 nitrogen and oxygen atoms in total. The second kappa shape index (κ2) is 7.39. The van der Waals surface area contributed by atoms with Crippen molar-refractivity contribution in [3.05, 3.63) is 0 Å². The molecule has 0 bridgehead atoms. The normalized spacial score (nSPS) is 14.0. The maximum atomic E-state index is 5.87. The molecule has 3 heteroatoms. The van der Waals surface area contributed by atoms with Crippen LogP contribution in [0, 0.1) is 5.92 Å². The minimum Gasteiger partial charge on any atom is -0.351 e. The molecule has 2 N–H and O–H groups in total. The third-order valence-corrected chi connectivity index (χ3v) is 2.35. The summed E-state index contributed by atoms with van der Waals surface area (Å²) in [5.41, 5.74) is 5.42. The average Bonchev–Trinajstić information content (AvgIpc) is 2.10. The summed E-state index contributed by atoms with van der Waals surface area (Å²) in [6, 6.07) is 0.481. The van der Waals surface area contributed by atoms with E-state index in [0.717, 1.165) is 25.4 Å². The van der Waals surface area contributed by atoms with Crippen LogP contribution in [0.25, 0.3) is 0 Å². The van der Waals surface area contributed by atoms with Crippen LogP contribution in [-0.4, -0.2) is 31.9 Å². The van der Waals surface area contributed by atoms with Crippen molar-refractivity contribution in [3.8, 4) is 0 Å². The van der Waals surface area contributed by atoms with Gasteiger partial charge >= 0.3 is 0 Å². The molecule has 0 aromatic rings. The van der Waals surface area contributed by atoms with Crippen LogP contribution in [0.5, 0.6) is 0 Å². The topological polar surface area (TPSA) is 29.3 Å². The third-order valence-electron chi connectivity index (χ3n) is 2.35. The molecule has 0 rings (SSSR count). The van der Waals surface area contributed by atoms with Gasteiger partial charge in [0, 0.05) is 0 Å². The molecule has 0 fully saturated rings. The molecule has 0 saturated carbocycles. The summed E-state index contributed by atoms with van der Waals surface area (Å²) >= 11 is 0. The van der Waals surface area contributed by atoms with Crippen LogP contribution in [0.3, 0.4) is 0 Å². The van der Waals surface area contributed by atoms with Crippen LogP contribution in [0.15, 0.2) is 0 Å². The Labute approximate surface area is 84.3 Å². The Morgan fingerprint density at radius 2 is 1.85 bits per heavy atom. The Bertz CT molecular complexity index is 117. The zero-order valence-electron chi connectivity index (χ0n) is 9.29. The number of hydrogen-bond donors (Lipinski definition) is 1. The largest absolute Gasteiger partial charge is 0.351 e. The third kappa shape index (κ3) is 7.09. The first-order chi connectivity index (χ1) is 6.07. The zero-order chi connectivity index (χ0) is 10.3. The van der Waals surface area contributed by atoms with Gasteiger partial charge in [-0.15, -0.1) is 0 Å². The summed E-state index contributed by atoms with van der Waals surface area (Å²) < 4.78 is 0. The highest BCUT2D eigenvalue weighted by atomic mass is 15.1. The quantitative estimate of drug-likeness (QED) is 0.605. The predicted octanol–water partition coefficient (Wildman–Crippen LogP) is 1.55. The van der Waals surface area contributed by atoms with Crippen molar-refractivity contribution in [2.75, 3.05) is 13.1 Å². The number of rotatable bonds is 7. The van der Waals surface area contributed by atoms with Crippen molar-refractivity contribution in [2.45, 2.75) is 46.1 Å². The van der Waals surface area contributed by atoms with Gasteiger partial charge in [-0.3, -0.25) is 0 Å². The monoisotopic (exact) mass is 182 g/mol. The number of hydrogen-bond acceptors (Lipinski definition) is 2. The van der Waals surface area contributed by atoms with E-state index in [-0.39, 0.29) is 0 Å². The molecule has 0 aliphatic rings. The molecule has 0 spiro atoms. The van der Waals surface area contributed by atoms with E-state index in [1.165, 1.54) is 12.8 Å². The van der Waals surface area contributed by atoms with Gasteiger partial charge in [0.05, 0.1) is 0 Å². The number of nitrogens with two attached hydrogens (primary N) is 1. The Hall–Kier alpha value is -0.0151. The maximum Gasteiger partial charge on any atom is 0.182 e. The van der Waals surface area contributed by atoms with Gasteiger partial charge in [-0.05, 0) is 44.3 Å². The first kappa shape index (κ1) is 13.0. The van der Waals surface area contributed by atoms with Crippen LogP contribution < -0.4 is 5.73 Å². The average molecular weight is 182 g/mol. The SMILES string of the molecule is [B]N(CCCN)C(C)CCC(C)C. The van der Waals surface area contributed by atoms with E-state index in [1.54, 1.807) is 0 Å². The number of nitrogens with zero attached hydrogens (tertiary/aromatic N) is 1. The van der Waals surface area contributed by atoms with Crippen molar-refractivity contribution in [2.24, 2.45) is 11.7 Å². The highest BCUT2D eigenvalue weighted by Crippen LogP contribution is 2.10. The highest BCUT2D eigenvalue weighted by molar-refractivity contribution is 6.04. The van der Waals surface area contributed by atoms with E-state index >= 15 is 0 Å². The molecule has 0 aromatic carbocycles. The standard InChI is InChI=1S/C10H23BN2/c1-9(2)5-6-10(3)13(11)8-4-7-12/h9-10H,4-8,12H2,1-3H3. The Kier molecular flexibility index (Phi) is 7.39. The van der Waals surface area contributed by atoms with E-state index in [1.807, 2.05) is 4.81 Å². The van der Waals surface area contributed by atoms with E-state index in [2.05, 4.69) is 20.8 Å². The molecule has 1 unspecified atom stereocenters. The molecule has 76 valence electrons.